The molecular weight excluding hydrogens is 388 g/mol. The maximum Gasteiger partial charge on any atom is 0.308 e. The Balaban J connectivity index is 2.09. The molecule has 170 valence electrons. The van der Waals surface area contributed by atoms with Crippen molar-refractivity contribution in [1.82, 2.24) is 0 Å². The molecule has 7 heteroatoms. The van der Waals surface area contributed by atoms with Crippen LogP contribution in [0.5, 0.6) is 0 Å². The van der Waals surface area contributed by atoms with Gasteiger partial charge >= 0.3 is 11.9 Å². The van der Waals surface area contributed by atoms with Crippen molar-refractivity contribution in [2.45, 2.75) is 83.7 Å². The number of rotatable bonds is 10. The molecule has 0 amide bonds. The second kappa shape index (κ2) is 11.1. The lowest BCUT2D eigenvalue weighted by atomic mass is 9.65. The van der Waals surface area contributed by atoms with Gasteiger partial charge in [-0.05, 0) is 43.1 Å². The summed E-state index contributed by atoms with van der Waals surface area (Å²) in [6.07, 6.45) is 4.79. The van der Waals surface area contributed by atoms with Crippen LogP contribution in [-0.2, 0) is 14.3 Å². The highest BCUT2D eigenvalue weighted by atomic mass is 16.5. The van der Waals surface area contributed by atoms with Gasteiger partial charge in [-0.1, -0.05) is 39.0 Å². The van der Waals surface area contributed by atoms with E-state index in [0.29, 0.717) is 25.7 Å². The fourth-order valence-electron chi connectivity index (χ4n) is 4.53. The van der Waals surface area contributed by atoms with Gasteiger partial charge in [0.1, 0.15) is 6.10 Å². The third-order valence-corrected chi connectivity index (χ3v) is 6.57. The summed E-state index contributed by atoms with van der Waals surface area (Å²) in [5.41, 5.74) is 0.958. The second-order valence-electron chi connectivity index (χ2n) is 8.85. The first kappa shape index (κ1) is 24.6. The molecule has 30 heavy (non-hydrogen) atoms. The van der Waals surface area contributed by atoms with Crippen molar-refractivity contribution < 1.29 is 34.8 Å². The van der Waals surface area contributed by atoms with E-state index in [1.807, 2.05) is 39.0 Å². The molecule has 0 unspecified atom stereocenters. The molecule has 0 heterocycles. The summed E-state index contributed by atoms with van der Waals surface area (Å²) in [4.78, 5) is 23.1. The third kappa shape index (κ3) is 6.40. The van der Waals surface area contributed by atoms with E-state index in [-0.39, 0.29) is 42.2 Å². The quantitative estimate of drug-likeness (QED) is 0.397. The Morgan fingerprint density at radius 2 is 1.97 bits per heavy atom. The van der Waals surface area contributed by atoms with Crippen LogP contribution in [-0.4, -0.2) is 56.8 Å². The first-order valence-corrected chi connectivity index (χ1v) is 11.0. The van der Waals surface area contributed by atoms with E-state index in [4.69, 9.17) is 9.84 Å². The first-order chi connectivity index (χ1) is 14.1. The van der Waals surface area contributed by atoms with Crippen molar-refractivity contribution in [3.8, 4) is 0 Å². The summed E-state index contributed by atoms with van der Waals surface area (Å²) < 4.78 is 5.86. The monoisotopic (exact) mass is 424 g/mol. The van der Waals surface area contributed by atoms with Crippen molar-refractivity contribution in [1.29, 1.82) is 0 Å². The highest BCUT2D eigenvalue weighted by Crippen LogP contribution is 2.44. The number of carboxylic acids is 1. The number of esters is 1. The van der Waals surface area contributed by atoms with Crippen molar-refractivity contribution in [3.63, 3.8) is 0 Å². The number of aliphatic hydroxyl groups is 3. The molecule has 0 spiro atoms. The van der Waals surface area contributed by atoms with E-state index in [2.05, 4.69) is 0 Å². The summed E-state index contributed by atoms with van der Waals surface area (Å²) >= 11 is 0. The minimum atomic E-state index is -1.10. The molecule has 4 N–H and O–H groups in total. The summed E-state index contributed by atoms with van der Waals surface area (Å²) in [6, 6.07) is 0. The molecule has 2 rings (SSSR count). The Hall–Kier alpha value is -1.70. The number of hydrogen-bond acceptors (Lipinski definition) is 6. The molecule has 0 aromatic rings. The standard InChI is InChI=1S/C23H36O7/c1-4-13(2)23(29)30-20-7-5-6-15-10-19(26)14(3)18(22(15)20)9-8-16(24)11-17(25)12-21(27)28/h5-6,10,13-14,16-20,22,24-26H,4,7-9,11-12H2,1-3H3,(H,27,28)/t13-,14+,16+,17+,18-,19+,20-,22-/m1/s1. The number of carboxylic acid groups (broad SMARTS) is 1. The van der Waals surface area contributed by atoms with E-state index in [1.165, 1.54) is 0 Å². The Morgan fingerprint density at radius 3 is 2.60 bits per heavy atom. The number of carbonyl (C=O) groups is 2. The summed E-state index contributed by atoms with van der Waals surface area (Å²) in [5, 5.41) is 39.3. The van der Waals surface area contributed by atoms with Gasteiger partial charge < -0.3 is 25.2 Å². The third-order valence-electron chi connectivity index (χ3n) is 6.57. The van der Waals surface area contributed by atoms with Crippen molar-refractivity contribution in [2.24, 2.45) is 23.7 Å². The number of aliphatic hydroxyl groups excluding tert-OH is 3. The van der Waals surface area contributed by atoms with Gasteiger partial charge in [0, 0.05) is 12.3 Å². The van der Waals surface area contributed by atoms with Crippen molar-refractivity contribution in [2.75, 3.05) is 0 Å². The van der Waals surface area contributed by atoms with Gasteiger partial charge in [0.05, 0.1) is 30.7 Å². The van der Waals surface area contributed by atoms with Gasteiger partial charge in [-0.15, -0.1) is 0 Å². The Kier molecular flexibility index (Phi) is 9.07. The van der Waals surface area contributed by atoms with Crippen LogP contribution < -0.4 is 0 Å². The van der Waals surface area contributed by atoms with Crippen molar-refractivity contribution >= 4 is 11.9 Å². The van der Waals surface area contributed by atoms with Gasteiger partial charge in [0.2, 0.25) is 0 Å². The molecule has 8 atom stereocenters. The van der Waals surface area contributed by atoms with E-state index in [0.717, 1.165) is 5.57 Å². The molecular formula is C23H36O7. The van der Waals surface area contributed by atoms with Gasteiger partial charge in [0.15, 0.2) is 0 Å². The topological polar surface area (TPSA) is 124 Å². The van der Waals surface area contributed by atoms with Crippen molar-refractivity contribution in [3.05, 3.63) is 23.8 Å². The van der Waals surface area contributed by atoms with Crippen LogP contribution in [0.3, 0.4) is 0 Å². The molecule has 0 bridgehead atoms. The molecule has 0 aromatic carbocycles. The lowest BCUT2D eigenvalue weighted by Crippen LogP contribution is -2.44. The Bertz CT molecular complexity index is 656. The predicted octanol–water partition coefficient (Wildman–Crippen LogP) is 2.44. The summed E-state index contributed by atoms with van der Waals surface area (Å²) in [7, 11) is 0. The fourth-order valence-corrected chi connectivity index (χ4v) is 4.53. The number of carbonyl (C=O) groups excluding carboxylic acids is 1. The lowest BCUT2D eigenvalue weighted by molar-refractivity contribution is -0.157. The minimum Gasteiger partial charge on any atom is -0.481 e. The van der Waals surface area contributed by atoms with Crippen LogP contribution in [0.25, 0.3) is 0 Å². The zero-order chi connectivity index (χ0) is 22.4. The predicted molar refractivity (Wildman–Crippen MR) is 111 cm³/mol. The van der Waals surface area contributed by atoms with Crippen LogP contribution >= 0.6 is 0 Å². The van der Waals surface area contributed by atoms with E-state index >= 15 is 0 Å². The lowest BCUT2D eigenvalue weighted by Gasteiger charge is -2.44. The van der Waals surface area contributed by atoms with Crippen LogP contribution in [0.1, 0.15) is 59.3 Å². The zero-order valence-corrected chi connectivity index (χ0v) is 18.1. The molecule has 7 nitrogen and oxygen atoms in total. The maximum absolute atomic E-state index is 12.4. The first-order valence-electron chi connectivity index (χ1n) is 11.0. The number of fused-ring (bicyclic) bond motifs is 1. The molecule has 0 radical (unpaired) electrons. The zero-order valence-electron chi connectivity index (χ0n) is 18.1. The average Bonchev–Trinajstić information content (AvgIpc) is 2.67. The number of ether oxygens (including phenoxy) is 1. The second-order valence-corrected chi connectivity index (χ2v) is 8.85. The van der Waals surface area contributed by atoms with Crippen LogP contribution in [0.2, 0.25) is 0 Å². The molecule has 0 saturated heterocycles. The number of allylic oxidation sites excluding steroid dienone is 1. The smallest absolute Gasteiger partial charge is 0.308 e. The van der Waals surface area contributed by atoms with Gasteiger partial charge in [0.25, 0.3) is 0 Å². The average molecular weight is 425 g/mol. The summed E-state index contributed by atoms with van der Waals surface area (Å²) in [5.74, 6) is -1.64. The van der Waals surface area contributed by atoms with Crippen LogP contribution in [0, 0.1) is 23.7 Å². The molecule has 2 aliphatic carbocycles. The fraction of sp³-hybridized carbons (Fsp3) is 0.739. The molecule has 0 aliphatic heterocycles. The number of hydrogen-bond donors (Lipinski definition) is 4. The molecule has 0 saturated carbocycles. The molecule has 0 aromatic heterocycles. The van der Waals surface area contributed by atoms with E-state index in [1.54, 1.807) is 0 Å². The largest absolute Gasteiger partial charge is 0.481 e. The number of aliphatic carboxylic acids is 1. The van der Waals surface area contributed by atoms with Crippen LogP contribution in [0.15, 0.2) is 23.8 Å². The Morgan fingerprint density at radius 1 is 1.27 bits per heavy atom. The van der Waals surface area contributed by atoms with Gasteiger partial charge in [-0.3, -0.25) is 9.59 Å². The van der Waals surface area contributed by atoms with E-state index in [9.17, 15) is 24.9 Å². The van der Waals surface area contributed by atoms with Gasteiger partial charge in [-0.2, -0.15) is 0 Å². The van der Waals surface area contributed by atoms with E-state index < -0.39 is 30.7 Å². The Labute approximate surface area is 178 Å². The minimum absolute atomic E-state index is 0.00432. The highest BCUT2D eigenvalue weighted by Gasteiger charge is 2.43. The van der Waals surface area contributed by atoms with Gasteiger partial charge in [-0.25, -0.2) is 0 Å². The summed E-state index contributed by atoms with van der Waals surface area (Å²) in [6.45, 7) is 5.75. The SMILES string of the molecule is CC[C@@H](C)C(=O)O[C@@H]1CC=CC2=C[C@H](O)[C@@H](C)[C@@H](CC[C@H](O)C[C@H](O)CC(=O)O)[C@@H]21. The van der Waals surface area contributed by atoms with Crippen LogP contribution in [0.4, 0.5) is 0 Å². The normalized spacial score (nSPS) is 31.3. The molecule has 2 aliphatic rings. The maximum atomic E-state index is 12.4. The molecule has 0 fully saturated rings. The highest BCUT2D eigenvalue weighted by molar-refractivity contribution is 5.72.